The first-order chi connectivity index (χ1) is 10.6. The molecule has 0 saturated heterocycles. The fraction of sp³-hybridized carbons (Fsp3) is 0.200. The van der Waals surface area contributed by atoms with Crippen LogP contribution in [0.15, 0.2) is 29.0 Å². The maximum atomic E-state index is 12.3. The molecule has 0 bridgehead atoms. The van der Waals surface area contributed by atoms with Crippen LogP contribution in [0.5, 0.6) is 0 Å². The Morgan fingerprint density at radius 3 is 2.86 bits per heavy atom. The molecule has 0 saturated carbocycles. The molecule has 1 N–H and O–H groups in total. The quantitative estimate of drug-likeness (QED) is 0.719. The molecule has 0 fully saturated rings. The van der Waals surface area contributed by atoms with Gasteiger partial charge in [0, 0.05) is 22.8 Å². The molecule has 3 aromatic rings. The average Bonchev–Trinajstić information content (AvgIpc) is 3.18. The topological polar surface area (TPSA) is 68.1 Å². The van der Waals surface area contributed by atoms with Crippen molar-refractivity contribution >= 4 is 28.9 Å². The molecule has 0 aliphatic rings. The van der Waals surface area contributed by atoms with Gasteiger partial charge in [-0.1, -0.05) is 16.8 Å². The lowest BCUT2D eigenvalue weighted by Gasteiger charge is -2.04. The smallest absolute Gasteiger partial charge is 0.340 e. The first kappa shape index (κ1) is 14.9. The van der Waals surface area contributed by atoms with Gasteiger partial charge in [-0.2, -0.15) is 0 Å². The van der Waals surface area contributed by atoms with Crippen LogP contribution in [-0.2, 0) is 11.3 Å². The van der Waals surface area contributed by atoms with Crippen LogP contribution in [0.2, 0.25) is 4.34 Å². The van der Waals surface area contributed by atoms with Crippen molar-refractivity contribution in [3.8, 4) is 10.4 Å². The summed E-state index contributed by atoms with van der Waals surface area (Å²) >= 11 is 7.36. The minimum atomic E-state index is -0.402. The van der Waals surface area contributed by atoms with Crippen molar-refractivity contribution in [3.05, 3.63) is 51.4 Å². The summed E-state index contributed by atoms with van der Waals surface area (Å²) in [5.41, 5.74) is 2.78. The largest absolute Gasteiger partial charge is 0.457 e. The summed E-state index contributed by atoms with van der Waals surface area (Å²) in [7, 11) is 0. The van der Waals surface area contributed by atoms with Crippen LogP contribution in [0.25, 0.3) is 10.4 Å². The molecule has 3 heterocycles. The lowest BCUT2D eigenvalue weighted by molar-refractivity contribution is 0.0472. The zero-order valence-corrected chi connectivity index (χ0v) is 13.5. The number of hydrogen-bond donors (Lipinski definition) is 1. The lowest BCUT2D eigenvalue weighted by Crippen LogP contribution is -2.06. The molecule has 114 valence electrons. The average molecular weight is 337 g/mol. The van der Waals surface area contributed by atoms with Gasteiger partial charge in [-0.25, -0.2) is 4.79 Å². The van der Waals surface area contributed by atoms with Crippen LogP contribution in [0, 0.1) is 13.8 Å². The van der Waals surface area contributed by atoms with Crippen molar-refractivity contribution in [2.24, 2.45) is 0 Å². The van der Waals surface area contributed by atoms with Crippen LogP contribution in [0.4, 0.5) is 0 Å². The lowest BCUT2D eigenvalue weighted by atomic mass is 10.1. The van der Waals surface area contributed by atoms with Crippen LogP contribution < -0.4 is 0 Å². The molecule has 0 aliphatic heterocycles. The Bertz CT molecular complexity index is 799. The summed E-state index contributed by atoms with van der Waals surface area (Å²) in [4.78, 5) is 16.2. The highest BCUT2D eigenvalue weighted by Crippen LogP contribution is 2.33. The van der Waals surface area contributed by atoms with Crippen LogP contribution in [0.3, 0.4) is 0 Å². The number of carbonyl (C=O) groups excluding carboxylic acids is 1. The molecule has 0 unspecified atom stereocenters. The van der Waals surface area contributed by atoms with Gasteiger partial charge >= 0.3 is 5.97 Å². The molecule has 7 heteroatoms. The molecular formula is C15H13ClN2O3S. The number of aromatic nitrogens is 2. The van der Waals surface area contributed by atoms with Gasteiger partial charge in [0.1, 0.15) is 12.4 Å². The number of carbonyl (C=O) groups is 1. The number of rotatable bonds is 4. The van der Waals surface area contributed by atoms with Gasteiger partial charge in [0.2, 0.25) is 0 Å². The highest BCUT2D eigenvalue weighted by atomic mass is 35.5. The Labute approximate surface area is 135 Å². The number of esters is 1. The minimum absolute atomic E-state index is 0.135. The van der Waals surface area contributed by atoms with Crippen molar-refractivity contribution in [2.45, 2.75) is 20.5 Å². The van der Waals surface area contributed by atoms with Gasteiger partial charge in [-0.15, -0.1) is 11.3 Å². The SMILES string of the molecule is Cc1noc(C)c1COC(=O)c1c[nH]cc1-c1ccc(Cl)s1. The molecule has 0 aromatic carbocycles. The molecule has 0 aliphatic carbocycles. The van der Waals surface area contributed by atoms with E-state index in [0.29, 0.717) is 15.7 Å². The van der Waals surface area contributed by atoms with E-state index in [9.17, 15) is 4.79 Å². The van der Waals surface area contributed by atoms with E-state index in [0.717, 1.165) is 21.7 Å². The number of hydrogen-bond acceptors (Lipinski definition) is 5. The van der Waals surface area contributed by atoms with E-state index in [-0.39, 0.29) is 6.61 Å². The zero-order valence-electron chi connectivity index (χ0n) is 12.0. The number of nitrogens with one attached hydrogen (secondary N) is 1. The second-order valence-corrected chi connectivity index (χ2v) is 6.48. The summed E-state index contributed by atoms with van der Waals surface area (Å²) in [6, 6.07) is 3.68. The van der Waals surface area contributed by atoms with Crippen molar-refractivity contribution in [2.75, 3.05) is 0 Å². The molecule has 3 aromatic heterocycles. The molecular weight excluding hydrogens is 324 g/mol. The van der Waals surface area contributed by atoms with Crippen LogP contribution in [0.1, 0.15) is 27.4 Å². The van der Waals surface area contributed by atoms with E-state index in [4.69, 9.17) is 20.9 Å². The maximum absolute atomic E-state index is 12.3. The van der Waals surface area contributed by atoms with E-state index in [2.05, 4.69) is 10.1 Å². The second kappa shape index (κ2) is 5.98. The minimum Gasteiger partial charge on any atom is -0.457 e. The third-order valence-electron chi connectivity index (χ3n) is 3.33. The van der Waals surface area contributed by atoms with E-state index < -0.39 is 5.97 Å². The summed E-state index contributed by atoms with van der Waals surface area (Å²) in [6.07, 6.45) is 3.38. The number of nitrogens with zero attached hydrogens (tertiary/aromatic N) is 1. The number of aryl methyl sites for hydroxylation is 2. The summed E-state index contributed by atoms with van der Waals surface area (Å²) in [6.45, 7) is 3.74. The first-order valence-electron chi connectivity index (χ1n) is 6.57. The van der Waals surface area contributed by atoms with Crippen molar-refractivity contribution in [1.82, 2.24) is 10.1 Å². The fourth-order valence-corrected chi connectivity index (χ4v) is 3.19. The molecule has 0 atom stereocenters. The molecule has 0 amide bonds. The van der Waals surface area contributed by atoms with Crippen molar-refractivity contribution in [1.29, 1.82) is 0 Å². The normalized spacial score (nSPS) is 10.9. The highest BCUT2D eigenvalue weighted by Gasteiger charge is 2.18. The Morgan fingerprint density at radius 2 is 2.23 bits per heavy atom. The zero-order chi connectivity index (χ0) is 15.7. The van der Waals surface area contributed by atoms with E-state index in [1.54, 1.807) is 25.4 Å². The summed E-state index contributed by atoms with van der Waals surface area (Å²) in [5.74, 6) is 0.255. The number of aromatic amines is 1. The summed E-state index contributed by atoms with van der Waals surface area (Å²) in [5, 5.41) is 3.84. The van der Waals surface area contributed by atoms with Gasteiger partial charge in [-0.05, 0) is 26.0 Å². The Morgan fingerprint density at radius 1 is 1.41 bits per heavy atom. The van der Waals surface area contributed by atoms with Crippen molar-refractivity contribution < 1.29 is 14.1 Å². The maximum Gasteiger partial charge on any atom is 0.340 e. The fourth-order valence-electron chi connectivity index (χ4n) is 2.12. The van der Waals surface area contributed by atoms with E-state index in [1.165, 1.54) is 11.3 Å². The Balaban J connectivity index is 1.78. The molecule has 3 rings (SSSR count). The molecule has 22 heavy (non-hydrogen) atoms. The van der Waals surface area contributed by atoms with Crippen LogP contribution in [-0.4, -0.2) is 16.1 Å². The second-order valence-electron chi connectivity index (χ2n) is 4.77. The van der Waals surface area contributed by atoms with E-state index in [1.807, 2.05) is 13.0 Å². The number of thiophene rings is 1. The number of ether oxygens (including phenoxy) is 1. The Hall–Kier alpha value is -2.05. The third-order valence-corrected chi connectivity index (χ3v) is 4.60. The van der Waals surface area contributed by atoms with Gasteiger partial charge in [-0.3, -0.25) is 0 Å². The van der Waals surface area contributed by atoms with E-state index >= 15 is 0 Å². The predicted molar refractivity (Wildman–Crippen MR) is 84.2 cm³/mol. The third kappa shape index (κ3) is 2.80. The van der Waals surface area contributed by atoms with Gasteiger partial charge < -0.3 is 14.2 Å². The Kier molecular flexibility index (Phi) is 4.04. The standard InChI is InChI=1S/C15H13ClN2O3S/c1-8-12(9(2)21-18-8)7-20-15(19)11-6-17-5-10(11)13-3-4-14(16)22-13/h3-6,17H,7H2,1-2H3. The monoisotopic (exact) mass is 336 g/mol. The van der Waals surface area contributed by atoms with Gasteiger partial charge in [0.05, 0.1) is 21.2 Å². The predicted octanol–water partition coefficient (Wildman–Crippen LogP) is 4.36. The first-order valence-corrected chi connectivity index (χ1v) is 7.77. The van der Waals surface area contributed by atoms with Gasteiger partial charge in [0.15, 0.2) is 0 Å². The number of halogens is 1. The number of H-pyrrole nitrogens is 1. The molecule has 0 spiro atoms. The molecule has 5 nitrogen and oxygen atoms in total. The molecule has 0 radical (unpaired) electrons. The highest BCUT2D eigenvalue weighted by molar-refractivity contribution is 7.19. The van der Waals surface area contributed by atoms with Gasteiger partial charge in [0.25, 0.3) is 0 Å². The van der Waals surface area contributed by atoms with Crippen LogP contribution >= 0.6 is 22.9 Å². The summed E-state index contributed by atoms with van der Waals surface area (Å²) < 4.78 is 11.1. The van der Waals surface area contributed by atoms with Crippen molar-refractivity contribution in [3.63, 3.8) is 0 Å².